The second-order valence-corrected chi connectivity index (χ2v) is 6.18. The maximum absolute atomic E-state index is 12.2. The summed E-state index contributed by atoms with van der Waals surface area (Å²) in [6.07, 6.45) is 6.45. The summed E-state index contributed by atoms with van der Waals surface area (Å²) in [6.45, 7) is 2.00. The number of hydrogen-bond acceptors (Lipinski definition) is 3. The van der Waals surface area contributed by atoms with Gasteiger partial charge in [0, 0.05) is 52.4 Å². The number of aromatic nitrogens is 2. The summed E-state index contributed by atoms with van der Waals surface area (Å²) in [5.74, 6) is 2.01. The molecule has 0 fully saturated rings. The average Bonchev–Trinajstić information content (AvgIpc) is 3.21. The Bertz CT molecular complexity index is 711. The molecule has 0 aliphatic carbocycles. The molecule has 0 saturated carbocycles. The highest BCUT2D eigenvalue weighted by atomic mass is 16.5. The van der Waals surface area contributed by atoms with Gasteiger partial charge in [-0.2, -0.15) is 0 Å². The van der Waals surface area contributed by atoms with Crippen LogP contribution in [0.3, 0.4) is 0 Å². The first-order valence-corrected chi connectivity index (χ1v) is 8.33. The van der Waals surface area contributed by atoms with E-state index in [1.54, 1.807) is 11.1 Å². The van der Waals surface area contributed by atoms with Gasteiger partial charge in [-0.05, 0) is 23.6 Å². The molecule has 1 aliphatic rings. The SMILES string of the molecule is CN(CCCc1nccn1C)C(=O)NCc1ccc2c(c1)CCO2. The van der Waals surface area contributed by atoms with Crippen molar-refractivity contribution in [2.24, 2.45) is 7.05 Å². The van der Waals surface area contributed by atoms with Gasteiger partial charge in [0.25, 0.3) is 0 Å². The summed E-state index contributed by atoms with van der Waals surface area (Å²) >= 11 is 0. The van der Waals surface area contributed by atoms with Crippen LogP contribution in [0.5, 0.6) is 5.75 Å². The third-order valence-electron chi connectivity index (χ3n) is 4.36. The normalized spacial score (nSPS) is 12.6. The van der Waals surface area contributed by atoms with Crippen LogP contribution in [0.2, 0.25) is 0 Å². The Morgan fingerprint density at radius 2 is 2.33 bits per heavy atom. The smallest absolute Gasteiger partial charge is 0.317 e. The third-order valence-corrected chi connectivity index (χ3v) is 4.36. The number of nitrogens with one attached hydrogen (secondary N) is 1. The number of carbonyl (C=O) groups is 1. The molecule has 6 heteroatoms. The van der Waals surface area contributed by atoms with Crippen LogP contribution in [0.15, 0.2) is 30.6 Å². The quantitative estimate of drug-likeness (QED) is 0.884. The minimum absolute atomic E-state index is 0.0495. The van der Waals surface area contributed by atoms with E-state index in [0.717, 1.165) is 43.0 Å². The molecule has 1 aromatic carbocycles. The van der Waals surface area contributed by atoms with E-state index in [1.807, 2.05) is 37.0 Å². The molecule has 3 rings (SSSR count). The van der Waals surface area contributed by atoms with Crippen LogP contribution in [-0.2, 0) is 26.4 Å². The van der Waals surface area contributed by atoms with Crippen LogP contribution in [0.25, 0.3) is 0 Å². The van der Waals surface area contributed by atoms with Gasteiger partial charge in [0.2, 0.25) is 0 Å². The van der Waals surface area contributed by atoms with Crippen molar-refractivity contribution in [2.45, 2.75) is 25.8 Å². The number of urea groups is 1. The summed E-state index contributed by atoms with van der Waals surface area (Å²) in [6, 6.07) is 6.06. The van der Waals surface area contributed by atoms with E-state index in [4.69, 9.17) is 4.74 Å². The number of amides is 2. The first-order chi connectivity index (χ1) is 11.6. The Morgan fingerprint density at radius 3 is 3.12 bits per heavy atom. The summed E-state index contributed by atoms with van der Waals surface area (Å²) in [7, 11) is 3.81. The molecule has 128 valence electrons. The maximum atomic E-state index is 12.2. The van der Waals surface area contributed by atoms with Gasteiger partial charge in [-0.25, -0.2) is 9.78 Å². The lowest BCUT2D eigenvalue weighted by molar-refractivity contribution is 0.207. The predicted octanol–water partition coefficient (Wildman–Crippen LogP) is 2.13. The molecule has 0 atom stereocenters. The number of nitrogens with zero attached hydrogens (tertiary/aromatic N) is 3. The number of fused-ring (bicyclic) bond motifs is 1. The van der Waals surface area contributed by atoms with Gasteiger partial charge in [0.05, 0.1) is 6.61 Å². The van der Waals surface area contributed by atoms with Gasteiger partial charge in [-0.15, -0.1) is 0 Å². The molecule has 1 aliphatic heterocycles. The molecule has 1 aromatic heterocycles. The molecule has 1 N–H and O–H groups in total. The van der Waals surface area contributed by atoms with E-state index in [2.05, 4.69) is 16.4 Å². The fraction of sp³-hybridized carbons (Fsp3) is 0.444. The van der Waals surface area contributed by atoms with Gasteiger partial charge >= 0.3 is 6.03 Å². The summed E-state index contributed by atoms with van der Waals surface area (Å²) in [5, 5.41) is 2.97. The number of benzene rings is 1. The Hall–Kier alpha value is -2.50. The standard InChI is InChI=1S/C18H24N4O2/c1-21-10-8-19-17(21)4-3-9-22(2)18(23)20-13-14-5-6-16-15(12-14)7-11-24-16/h5-6,8,10,12H,3-4,7,9,11,13H2,1-2H3,(H,20,23). The number of aryl methyl sites for hydroxylation is 2. The molecule has 2 heterocycles. The highest BCUT2D eigenvalue weighted by molar-refractivity contribution is 5.73. The summed E-state index contributed by atoms with van der Waals surface area (Å²) in [4.78, 5) is 18.2. The zero-order valence-corrected chi connectivity index (χ0v) is 14.3. The topological polar surface area (TPSA) is 59.4 Å². The molecule has 0 saturated heterocycles. The number of ether oxygens (including phenoxy) is 1. The number of rotatable bonds is 6. The van der Waals surface area contributed by atoms with Crippen LogP contribution in [-0.4, -0.2) is 40.7 Å². The third kappa shape index (κ3) is 3.88. The van der Waals surface area contributed by atoms with E-state index in [1.165, 1.54) is 5.56 Å². The maximum Gasteiger partial charge on any atom is 0.317 e. The van der Waals surface area contributed by atoms with Gasteiger partial charge < -0.3 is 19.5 Å². The lowest BCUT2D eigenvalue weighted by atomic mass is 10.1. The van der Waals surface area contributed by atoms with Crippen LogP contribution >= 0.6 is 0 Å². The number of hydrogen-bond donors (Lipinski definition) is 1. The van der Waals surface area contributed by atoms with Crippen LogP contribution < -0.4 is 10.1 Å². The van der Waals surface area contributed by atoms with E-state index in [-0.39, 0.29) is 6.03 Å². The fourth-order valence-electron chi connectivity index (χ4n) is 2.88. The summed E-state index contributed by atoms with van der Waals surface area (Å²) in [5.41, 5.74) is 2.33. The van der Waals surface area contributed by atoms with Gasteiger partial charge in [0.15, 0.2) is 0 Å². The molecular weight excluding hydrogens is 304 g/mol. The Morgan fingerprint density at radius 1 is 1.46 bits per heavy atom. The van der Waals surface area contributed by atoms with Crippen molar-refractivity contribution in [3.63, 3.8) is 0 Å². The van der Waals surface area contributed by atoms with Crippen molar-refractivity contribution >= 4 is 6.03 Å². The zero-order chi connectivity index (χ0) is 16.9. The molecule has 0 bridgehead atoms. The van der Waals surface area contributed by atoms with Gasteiger partial charge in [-0.3, -0.25) is 0 Å². The highest BCUT2D eigenvalue weighted by Gasteiger charge is 2.13. The molecule has 0 radical (unpaired) electrons. The molecule has 0 spiro atoms. The van der Waals surface area contributed by atoms with Gasteiger partial charge in [0.1, 0.15) is 11.6 Å². The Balaban J connectivity index is 1.42. The minimum atomic E-state index is -0.0495. The predicted molar refractivity (Wildman–Crippen MR) is 92.0 cm³/mol. The Labute approximate surface area is 142 Å². The molecule has 0 unspecified atom stereocenters. The van der Waals surface area contributed by atoms with Crippen molar-refractivity contribution in [1.82, 2.24) is 19.8 Å². The molecule has 2 aromatic rings. The molecule has 6 nitrogen and oxygen atoms in total. The lowest BCUT2D eigenvalue weighted by Gasteiger charge is -2.18. The van der Waals surface area contributed by atoms with Crippen molar-refractivity contribution in [1.29, 1.82) is 0 Å². The van der Waals surface area contributed by atoms with E-state index in [0.29, 0.717) is 13.1 Å². The van der Waals surface area contributed by atoms with Crippen molar-refractivity contribution in [2.75, 3.05) is 20.2 Å². The molecule has 2 amide bonds. The van der Waals surface area contributed by atoms with Crippen molar-refractivity contribution in [3.05, 3.63) is 47.5 Å². The first-order valence-electron chi connectivity index (χ1n) is 8.33. The van der Waals surface area contributed by atoms with E-state index < -0.39 is 0 Å². The monoisotopic (exact) mass is 328 g/mol. The van der Waals surface area contributed by atoms with Crippen LogP contribution in [0.1, 0.15) is 23.4 Å². The number of imidazole rings is 1. The lowest BCUT2D eigenvalue weighted by Crippen LogP contribution is -2.37. The minimum Gasteiger partial charge on any atom is -0.493 e. The van der Waals surface area contributed by atoms with Crippen LogP contribution in [0.4, 0.5) is 4.79 Å². The average molecular weight is 328 g/mol. The Kier molecular flexibility index (Phi) is 5.03. The van der Waals surface area contributed by atoms with E-state index in [9.17, 15) is 4.79 Å². The summed E-state index contributed by atoms with van der Waals surface area (Å²) < 4.78 is 7.51. The zero-order valence-electron chi connectivity index (χ0n) is 14.3. The fourth-order valence-corrected chi connectivity index (χ4v) is 2.88. The van der Waals surface area contributed by atoms with Crippen molar-refractivity contribution < 1.29 is 9.53 Å². The number of carbonyl (C=O) groups excluding carboxylic acids is 1. The van der Waals surface area contributed by atoms with Crippen LogP contribution in [0, 0.1) is 0 Å². The first kappa shape index (κ1) is 16.4. The van der Waals surface area contributed by atoms with E-state index >= 15 is 0 Å². The highest BCUT2D eigenvalue weighted by Crippen LogP contribution is 2.25. The van der Waals surface area contributed by atoms with Crippen molar-refractivity contribution in [3.8, 4) is 5.75 Å². The second kappa shape index (κ2) is 7.38. The second-order valence-electron chi connectivity index (χ2n) is 6.18. The van der Waals surface area contributed by atoms with Gasteiger partial charge in [-0.1, -0.05) is 12.1 Å². The molecular formula is C18H24N4O2. The largest absolute Gasteiger partial charge is 0.493 e. The molecule has 24 heavy (non-hydrogen) atoms.